The van der Waals surface area contributed by atoms with Gasteiger partial charge in [0.1, 0.15) is 5.60 Å². The molecule has 1 N–H and O–H groups in total. The normalized spacial score (nSPS) is 14.5. The van der Waals surface area contributed by atoms with Crippen molar-refractivity contribution in [3.63, 3.8) is 0 Å². The molecule has 122 valence electrons. The van der Waals surface area contributed by atoms with Crippen LogP contribution in [0.5, 0.6) is 0 Å². The van der Waals surface area contributed by atoms with Gasteiger partial charge in [-0.1, -0.05) is 17.2 Å². The lowest BCUT2D eigenvalue weighted by atomic mass is 10.1. The summed E-state index contributed by atoms with van der Waals surface area (Å²) < 4.78 is 5.17. The lowest BCUT2D eigenvalue weighted by molar-refractivity contribution is 0.0359. The average Bonchev–Trinajstić information content (AvgIpc) is 2.41. The van der Waals surface area contributed by atoms with E-state index in [1.165, 1.54) is 0 Å². The van der Waals surface area contributed by atoms with Crippen LogP contribution in [-0.4, -0.2) is 41.6 Å². The van der Waals surface area contributed by atoms with Crippen LogP contribution in [0.25, 0.3) is 10.4 Å². The van der Waals surface area contributed by atoms with E-state index in [1.807, 2.05) is 0 Å². The minimum atomic E-state index is -0.545. The van der Waals surface area contributed by atoms with Crippen LogP contribution in [-0.2, 0) is 4.74 Å². The molecular formula is C15H19N5O3. The molecule has 1 aliphatic rings. The lowest BCUT2D eigenvalue weighted by Gasteiger charge is -2.39. The van der Waals surface area contributed by atoms with Crippen LogP contribution in [0.15, 0.2) is 29.4 Å². The Labute approximate surface area is 134 Å². The van der Waals surface area contributed by atoms with E-state index in [1.54, 1.807) is 49.9 Å². The van der Waals surface area contributed by atoms with E-state index in [9.17, 15) is 9.59 Å². The second-order valence-electron chi connectivity index (χ2n) is 6.29. The van der Waals surface area contributed by atoms with Gasteiger partial charge in [0, 0.05) is 29.3 Å². The number of carbonyl (C=O) groups is 2. The second kappa shape index (κ2) is 6.58. The summed E-state index contributed by atoms with van der Waals surface area (Å²) in [4.78, 5) is 28.2. The predicted molar refractivity (Wildman–Crippen MR) is 84.3 cm³/mol. The van der Waals surface area contributed by atoms with Crippen molar-refractivity contribution >= 4 is 17.7 Å². The first-order chi connectivity index (χ1) is 10.8. The standard InChI is InChI=1S/C15H19N5O3/c1-15(2,3)23-14(22)17-12-8-20(9-12)13(21)10-4-6-11(7-5-10)18-19-16/h4-7,12H,8-9H2,1-3H3,(H,17,22). The monoisotopic (exact) mass is 317 g/mol. The topological polar surface area (TPSA) is 107 Å². The van der Waals surface area contributed by atoms with Crippen LogP contribution >= 0.6 is 0 Å². The van der Waals surface area contributed by atoms with Crippen molar-refractivity contribution in [2.24, 2.45) is 5.11 Å². The number of nitrogens with one attached hydrogen (secondary N) is 1. The molecule has 1 fully saturated rings. The number of rotatable bonds is 3. The predicted octanol–water partition coefficient (Wildman–Crippen LogP) is 2.98. The van der Waals surface area contributed by atoms with Crippen LogP contribution < -0.4 is 5.32 Å². The molecule has 2 rings (SSSR count). The van der Waals surface area contributed by atoms with Crippen LogP contribution in [0.2, 0.25) is 0 Å². The van der Waals surface area contributed by atoms with Crippen LogP contribution in [0.1, 0.15) is 31.1 Å². The van der Waals surface area contributed by atoms with E-state index < -0.39 is 11.7 Å². The highest BCUT2D eigenvalue weighted by molar-refractivity contribution is 5.95. The molecule has 0 atom stereocenters. The van der Waals surface area contributed by atoms with Crippen molar-refractivity contribution < 1.29 is 14.3 Å². The molecule has 0 radical (unpaired) electrons. The second-order valence-corrected chi connectivity index (χ2v) is 6.29. The number of nitrogens with zero attached hydrogens (tertiary/aromatic N) is 4. The molecular weight excluding hydrogens is 298 g/mol. The van der Waals surface area contributed by atoms with Crippen LogP contribution in [0.3, 0.4) is 0 Å². The van der Waals surface area contributed by atoms with Gasteiger partial charge in [-0.25, -0.2) is 4.79 Å². The summed E-state index contributed by atoms with van der Waals surface area (Å²) in [5, 5.41) is 6.18. The molecule has 0 aromatic heterocycles. The first-order valence-corrected chi connectivity index (χ1v) is 7.22. The summed E-state index contributed by atoms with van der Waals surface area (Å²) in [6, 6.07) is 6.30. The van der Waals surface area contributed by atoms with E-state index in [2.05, 4.69) is 15.3 Å². The van der Waals surface area contributed by atoms with E-state index >= 15 is 0 Å². The molecule has 8 nitrogen and oxygen atoms in total. The Morgan fingerprint density at radius 2 is 1.91 bits per heavy atom. The van der Waals surface area contributed by atoms with Gasteiger partial charge in [-0.3, -0.25) is 4.79 Å². The number of amides is 2. The maximum atomic E-state index is 12.2. The Kier molecular flexibility index (Phi) is 4.76. The van der Waals surface area contributed by atoms with E-state index in [0.717, 1.165) is 0 Å². The summed E-state index contributed by atoms with van der Waals surface area (Å²) >= 11 is 0. The average molecular weight is 317 g/mol. The minimum Gasteiger partial charge on any atom is -0.444 e. The number of ether oxygens (including phenoxy) is 1. The van der Waals surface area contributed by atoms with Gasteiger partial charge in [-0.05, 0) is 38.4 Å². The molecule has 1 aromatic carbocycles. The molecule has 1 heterocycles. The highest BCUT2D eigenvalue weighted by Gasteiger charge is 2.33. The number of benzene rings is 1. The fourth-order valence-electron chi connectivity index (χ4n) is 2.11. The number of hydrogen-bond acceptors (Lipinski definition) is 4. The number of carbonyl (C=O) groups excluding carboxylic acids is 2. The van der Waals surface area contributed by atoms with Gasteiger partial charge >= 0.3 is 6.09 Å². The van der Waals surface area contributed by atoms with Gasteiger partial charge in [0.25, 0.3) is 5.91 Å². The molecule has 1 saturated heterocycles. The van der Waals surface area contributed by atoms with Crippen molar-refractivity contribution in [2.45, 2.75) is 32.4 Å². The van der Waals surface area contributed by atoms with Gasteiger partial charge in [-0.15, -0.1) is 0 Å². The molecule has 0 aliphatic carbocycles. The van der Waals surface area contributed by atoms with Gasteiger partial charge in [-0.2, -0.15) is 0 Å². The lowest BCUT2D eigenvalue weighted by Crippen LogP contribution is -2.61. The maximum absolute atomic E-state index is 12.2. The van der Waals surface area contributed by atoms with Gasteiger partial charge in [0.2, 0.25) is 0 Å². The molecule has 23 heavy (non-hydrogen) atoms. The molecule has 0 bridgehead atoms. The summed E-state index contributed by atoms with van der Waals surface area (Å²) in [7, 11) is 0. The van der Waals surface area contributed by atoms with Gasteiger partial charge < -0.3 is 15.0 Å². The Morgan fingerprint density at radius 3 is 2.43 bits per heavy atom. The first-order valence-electron chi connectivity index (χ1n) is 7.22. The number of azide groups is 1. The molecule has 0 unspecified atom stereocenters. The molecule has 1 aliphatic heterocycles. The Hall–Kier alpha value is -2.73. The van der Waals surface area contributed by atoms with Crippen molar-refractivity contribution in [2.75, 3.05) is 13.1 Å². The third-order valence-electron chi connectivity index (χ3n) is 3.16. The largest absolute Gasteiger partial charge is 0.444 e. The highest BCUT2D eigenvalue weighted by Crippen LogP contribution is 2.18. The van der Waals surface area contributed by atoms with Crippen LogP contribution in [0, 0.1) is 0 Å². The summed E-state index contributed by atoms with van der Waals surface area (Å²) in [6.45, 7) is 6.27. The van der Waals surface area contributed by atoms with Crippen molar-refractivity contribution in [1.82, 2.24) is 10.2 Å². The highest BCUT2D eigenvalue weighted by atomic mass is 16.6. The van der Waals surface area contributed by atoms with E-state index in [0.29, 0.717) is 24.3 Å². The third-order valence-corrected chi connectivity index (χ3v) is 3.16. The zero-order valence-electron chi connectivity index (χ0n) is 13.3. The molecule has 8 heteroatoms. The Morgan fingerprint density at radius 1 is 1.30 bits per heavy atom. The molecule has 0 saturated carbocycles. The summed E-state index contributed by atoms with van der Waals surface area (Å²) in [6.07, 6.45) is -0.478. The zero-order chi connectivity index (χ0) is 17.0. The SMILES string of the molecule is CC(C)(C)OC(=O)NC1CN(C(=O)c2ccc(N=[N+]=[N-])cc2)C1. The fourth-order valence-corrected chi connectivity index (χ4v) is 2.11. The summed E-state index contributed by atoms with van der Waals surface area (Å²) in [5.41, 5.74) is 8.77. The molecule has 1 aromatic rings. The van der Waals surface area contributed by atoms with E-state index in [4.69, 9.17) is 10.3 Å². The Bertz CT molecular complexity index is 638. The first kappa shape index (κ1) is 16.6. The number of hydrogen-bond donors (Lipinski definition) is 1. The minimum absolute atomic E-state index is 0.101. The molecule has 2 amide bonds. The van der Waals surface area contributed by atoms with Crippen molar-refractivity contribution in [3.8, 4) is 0 Å². The van der Waals surface area contributed by atoms with E-state index in [-0.39, 0.29) is 11.9 Å². The maximum Gasteiger partial charge on any atom is 0.407 e. The van der Waals surface area contributed by atoms with Gasteiger partial charge in [0.15, 0.2) is 0 Å². The van der Waals surface area contributed by atoms with Crippen molar-refractivity contribution in [3.05, 3.63) is 40.3 Å². The zero-order valence-corrected chi connectivity index (χ0v) is 13.3. The number of alkyl carbamates (subject to hydrolysis) is 1. The smallest absolute Gasteiger partial charge is 0.407 e. The quantitative estimate of drug-likeness (QED) is 0.526. The van der Waals surface area contributed by atoms with Gasteiger partial charge in [0.05, 0.1) is 6.04 Å². The van der Waals surface area contributed by atoms with Crippen LogP contribution in [0.4, 0.5) is 10.5 Å². The van der Waals surface area contributed by atoms with Crippen molar-refractivity contribution in [1.29, 1.82) is 0 Å². The fraction of sp³-hybridized carbons (Fsp3) is 0.467. The molecule has 0 spiro atoms. The third kappa shape index (κ3) is 4.62. The summed E-state index contributed by atoms with van der Waals surface area (Å²) in [5.74, 6) is -0.125. The Balaban J connectivity index is 1.83. The number of likely N-dealkylation sites (tertiary alicyclic amines) is 1.